The molecule has 0 unspecified atom stereocenters. The number of carboxylic acids is 1. The summed E-state index contributed by atoms with van der Waals surface area (Å²) in [5, 5.41) is 14.8. The van der Waals surface area contributed by atoms with Crippen LogP contribution in [-0.4, -0.2) is 30.0 Å². The van der Waals surface area contributed by atoms with Crippen LogP contribution in [0.15, 0.2) is 60.7 Å². The molecule has 150 valence electrons. The molecule has 29 heavy (non-hydrogen) atoms. The highest BCUT2D eigenvalue weighted by molar-refractivity contribution is 6.04. The number of carbonyl (C=O) groups is 3. The number of methoxy groups -OCH3 is 1. The van der Waals surface area contributed by atoms with Crippen LogP contribution in [0.3, 0.4) is 0 Å². The summed E-state index contributed by atoms with van der Waals surface area (Å²) in [5.74, 6) is -2.31. The Labute approximate surface area is 168 Å². The summed E-state index contributed by atoms with van der Waals surface area (Å²) in [6.45, 7) is 0. The van der Waals surface area contributed by atoms with Gasteiger partial charge in [0.2, 0.25) is 5.91 Å². The first-order valence-electron chi connectivity index (χ1n) is 9.22. The fraction of sp³-hybridized carbons (Fsp3) is 0.227. The molecule has 3 rings (SSSR count). The average molecular weight is 394 g/mol. The lowest BCUT2D eigenvalue weighted by molar-refractivity contribution is -0.146. The van der Waals surface area contributed by atoms with E-state index >= 15 is 0 Å². The van der Waals surface area contributed by atoms with E-state index in [1.165, 1.54) is 7.11 Å². The lowest BCUT2D eigenvalue weighted by Crippen LogP contribution is -2.34. The molecule has 0 saturated heterocycles. The monoisotopic (exact) mass is 394 g/mol. The first-order valence-corrected chi connectivity index (χ1v) is 9.22. The zero-order chi connectivity index (χ0) is 20.8. The maximum absolute atomic E-state index is 12.5. The van der Waals surface area contributed by atoms with Gasteiger partial charge in [-0.3, -0.25) is 14.4 Å². The molecule has 1 aliphatic rings. The van der Waals surface area contributed by atoms with Crippen molar-refractivity contribution in [2.75, 3.05) is 17.7 Å². The van der Waals surface area contributed by atoms with Gasteiger partial charge in [-0.05, 0) is 55.3 Å². The molecule has 0 fully saturated rings. The fourth-order valence-corrected chi connectivity index (χ4v) is 3.22. The highest BCUT2D eigenvalue weighted by Gasteiger charge is 2.33. The van der Waals surface area contributed by atoms with Gasteiger partial charge in [0, 0.05) is 16.9 Å². The number of hydrogen-bond acceptors (Lipinski definition) is 4. The molecule has 0 bridgehead atoms. The van der Waals surface area contributed by atoms with Crippen molar-refractivity contribution in [1.29, 1.82) is 0 Å². The number of carbonyl (C=O) groups excluding carboxylic acids is 2. The molecule has 0 radical (unpaired) electrons. The summed E-state index contributed by atoms with van der Waals surface area (Å²) in [6.07, 6.45) is 4.38. The Morgan fingerprint density at radius 3 is 2.17 bits per heavy atom. The highest BCUT2D eigenvalue weighted by Crippen LogP contribution is 2.27. The molecule has 2 atom stereocenters. The fourth-order valence-electron chi connectivity index (χ4n) is 3.22. The average Bonchev–Trinajstić information content (AvgIpc) is 2.75. The van der Waals surface area contributed by atoms with Gasteiger partial charge in [-0.1, -0.05) is 18.2 Å². The van der Waals surface area contributed by atoms with Crippen LogP contribution in [0.5, 0.6) is 5.75 Å². The molecule has 2 aromatic carbocycles. The third-order valence-electron chi connectivity index (χ3n) is 4.83. The van der Waals surface area contributed by atoms with Crippen molar-refractivity contribution in [3.05, 3.63) is 66.2 Å². The van der Waals surface area contributed by atoms with Crippen LogP contribution >= 0.6 is 0 Å². The maximum atomic E-state index is 12.5. The van der Waals surface area contributed by atoms with Crippen molar-refractivity contribution in [1.82, 2.24) is 0 Å². The van der Waals surface area contributed by atoms with Crippen LogP contribution in [0.25, 0.3) is 0 Å². The van der Waals surface area contributed by atoms with Crippen LogP contribution in [0.2, 0.25) is 0 Å². The molecule has 0 heterocycles. The first-order chi connectivity index (χ1) is 14.0. The third-order valence-corrected chi connectivity index (χ3v) is 4.83. The molecule has 7 nitrogen and oxygen atoms in total. The standard InChI is InChI=1S/C22H22N2O5/c1-29-17-6-4-5-14(13-17)20(25)23-15-9-11-16(12-10-15)24-21(26)18-7-2-3-8-19(18)22(27)28/h2-6,9-13,18-19H,7-8H2,1H3,(H,23,25)(H,24,26)(H,27,28)/t18-,19+/m1/s1. The number of amides is 2. The van der Waals surface area contributed by atoms with Crippen molar-refractivity contribution < 1.29 is 24.2 Å². The Kier molecular flexibility index (Phi) is 6.29. The zero-order valence-electron chi connectivity index (χ0n) is 15.9. The van der Waals surface area contributed by atoms with Crippen molar-refractivity contribution in [2.45, 2.75) is 12.8 Å². The van der Waals surface area contributed by atoms with Crippen molar-refractivity contribution in [2.24, 2.45) is 11.8 Å². The van der Waals surface area contributed by atoms with E-state index in [9.17, 15) is 19.5 Å². The number of benzene rings is 2. The van der Waals surface area contributed by atoms with Crippen molar-refractivity contribution >= 4 is 29.2 Å². The number of allylic oxidation sites excluding steroid dienone is 2. The van der Waals surface area contributed by atoms with Crippen LogP contribution in [0.4, 0.5) is 11.4 Å². The lowest BCUT2D eigenvalue weighted by Gasteiger charge is -2.24. The predicted molar refractivity (Wildman–Crippen MR) is 109 cm³/mol. The molecule has 7 heteroatoms. The van der Waals surface area contributed by atoms with E-state index in [0.29, 0.717) is 35.5 Å². The maximum Gasteiger partial charge on any atom is 0.307 e. The second-order valence-electron chi connectivity index (χ2n) is 6.75. The summed E-state index contributed by atoms with van der Waals surface area (Å²) in [6, 6.07) is 13.5. The second-order valence-corrected chi connectivity index (χ2v) is 6.75. The number of aliphatic carboxylic acids is 1. The van der Waals surface area contributed by atoms with E-state index in [2.05, 4.69) is 10.6 Å². The van der Waals surface area contributed by atoms with Crippen LogP contribution in [0.1, 0.15) is 23.2 Å². The van der Waals surface area contributed by atoms with E-state index in [1.54, 1.807) is 54.6 Å². The molecule has 0 saturated carbocycles. The normalized spacial score (nSPS) is 18.0. The van der Waals surface area contributed by atoms with Gasteiger partial charge in [-0.2, -0.15) is 0 Å². The van der Waals surface area contributed by atoms with Gasteiger partial charge < -0.3 is 20.5 Å². The number of ether oxygens (including phenoxy) is 1. The molecule has 0 aromatic heterocycles. The van der Waals surface area contributed by atoms with Gasteiger partial charge in [0.15, 0.2) is 0 Å². The molecule has 1 aliphatic carbocycles. The predicted octanol–water partition coefficient (Wildman–Crippen LogP) is 3.55. The van der Waals surface area contributed by atoms with Crippen LogP contribution < -0.4 is 15.4 Å². The molecule has 3 N–H and O–H groups in total. The summed E-state index contributed by atoms with van der Waals surface area (Å²) in [5.41, 5.74) is 1.57. The van der Waals surface area contributed by atoms with Crippen LogP contribution in [0, 0.1) is 11.8 Å². The third kappa shape index (κ3) is 5.01. The minimum absolute atomic E-state index is 0.279. The molecule has 2 aromatic rings. The minimum Gasteiger partial charge on any atom is -0.497 e. The highest BCUT2D eigenvalue weighted by atomic mass is 16.5. The molecule has 2 amide bonds. The summed E-state index contributed by atoms with van der Waals surface area (Å²) >= 11 is 0. The van der Waals surface area contributed by atoms with Gasteiger partial charge in [0.1, 0.15) is 5.75 Å². The Bertz CT molecular complexity index is 936. The second kappa shape index (κ2) is 9.05. The number of rotatable bonds is 6. The van der Waals surface area contributed by atoms with Gasteiger partial charge in [-0.25, -0.2) is 0 Å². The Morgan fingerprint density at radius 1 is 0.931 bits per heavy atom. The van der Waals surface area contributed by atoms with E-state index in [1.807, 2.05) is 6.08 Å². The molecule has 0 spiro atoms. The Balaban J connectivity index is 1.62. The molecular formula is C22H22N2O5. The number of hydrogen-bond donors (Lipinski definition) is 3. The molecular weight excluding hydrogens is 372 g/mol. The van der Waals surface area contributed by atoms with Crippen molar-refractivity contribution in [3.8, 4) is 5.75 Å². The summed E-state index contributed by atoms with van der Waals surface area (Å²) in [7, 11) is 1.53. The SMILES string of the molecule is COc1cccc(C(=O)Nc2ccc(NC(=O)[C@@H]3CC=CC[C@@H]3C(=O)O)cc2)c1. The lowest BCUT2D eigenvalue weighted by atomic mass is 9.82. The smallest absolute Gasteiger partial charge is 0.307 e. The largest absolute Gasteiger partial charge is 0.497 e. The summed E-state index contributed by atoms with van der Waals surface area (Å²) in [4.78, 5) is 36.2. The van der Waals surface area contributed by atoms with E-state index in [4.69, 9.17) is 4.74 Å². The van der Waals surface area contributed by atoms with E-state index < -0.39 is 17.8 Å². The van der Waals surface area contributed by atoms with E-state index in [-0.39, 0.29) is 11.8 Å². The zero-order valence-corrected chi connectivity index (χ0v) is 15.9. The topological polar surface area (TPSA) is 105 Å². The quantitative estimate of drug-likeness (QED) is 0.650. The van der Waals surface area contributed by atoms with Crippen molar-refractivity contribution in [3.63, 3.8) is 0 Å². The van der Waals surface area contributed by atoms with Gasteiger partial charge >= 0.3 is 5.97 Å². The number of carboxylic acid groups (broad SMARTS) is 1. The summed E-state index contributed by atoms with van der Waals surface area (Å²) < 4.78 is 5.12. The molecule has 0 aliphatic heterocycles. The van der Waals surface area contributed by atoms with Gasteiger partial charge in [-0.15, -0.1) is 0 Å². The number of anilines is 2. The Morgan fingerprint density at radius 2 is 1.55 bits per heavy atom. The first kappa shape index (κ1) is 20.1. The van der Waals surface area contributed by atoms with E-state index in [0.717, 1.165) is 0 Å². The Hall–Kier alpha value is -3.61. The van der Waals surface area contributed by atoms with Crippen LogP contribution in [-0.2, 0) is 9.59 Å². The number of nitrogens with one attached hydrogen (secondary N) is 2. The minimum atomic E-state index is -0.967. The van der Waals surface area contributed by atoms with Gasteiger partial charge in [0.05, 0.1) is 18.9 Å². The van der Waals surface area contributed by atoms with Gasteiger partial charge in [0.25, 0.3) is 5.91 Å².